The van der Waals surface area contributed by atoms with Crippen LogP contribution in [0.15, 0.2) is 81.7 Å². The second-order valence-corrected chi connectivity index (χ2v) is 17.0. The first-order valence-corrected chi connectivity index (χ1v) is 18.3. The van der Waals surface area contributed by atoms with Crippen molar-refractivity contribution in [2.75, 3.05) is 6.54 Å². The third kappa shape index (κ3) is 5.37. The number of carbonyl (C=O) groups excluding carboxylic acids is 4. The quantitative estimate of drug-likeness (QED) is 0.0985. The summed E-state index contributed by atoms with van der Waals surface area (Å²) in [5.74, 6) is -7.31. The molecule has 1 aliphatic heterocycles. The Morgan fingerprint density at radius 2 is 1.35 bits per heavy atom. The van der Waals surface area contributed by atoms with Crippen LogP contribution in [-0.2, 0) is 19.7 Å². The maximum absolute atomic E-state index is 14.1. The molecule has 0 spiro atoms. The predicted molar refractivity (Wildman–Crippen MR) is 186 cm³/mol. The highest BCUT2D eigenvalue weighted by Gasteiger charge is 2.88. The maximum Gasteiger partial charge on any atom is 0.339 e. The number of hydrogen-bond donors (Lipinski definition) is 0. The van der Waals surface area contributed by atoms with Gasteiger partial charge >= 0.3 is 10.1 Å². The number of benzene rings is 3. The fraction of sp³-hybridized carbons (Fsp3) is 0.226. The smallest absolute Gasteiger partial charge is 0.339 e. The SMILES string of the molecule is Cc1ccc(S(=O)(=O)Oc2ccc(C(=O)CN(C(=O)c3ccc(Cl)cc3Cl)N3C(=O)[C@@H]4[C@H](C3=O)[C@@]3(Cl)C(Cl)=C(Cl)[C@@]4(Cl)C3(Cl)Cl)cc2)cc1. The molecule has 0 radical (unpaired) electrons. The van der Waals surface area contributed by atoms with E-state index in [-0.39, 0.29) is 41.9 Å². The van der Waals surface area contributed by atoms with Gasteiger partial charge in [-0.3, -0.25) is 19.2 Å². The van der Waals surface area contributed by atoms with Gasteiger partial charge in [-0.25, -0.2) is 5.01 Å². The van der Waals surface area contributed by atoms with Crippen LogP contribution in [-0.4, -0.2) is 62.6 Å². The summed E-state index contributed by atoms with van der Waals surface area (Å²) in [5.41, 5.74) is 0.583. The van der Waals surface area contributed by atoms with Crippen molar-refractivity contribution in [2.45, 2.75) is 25.9 Å². The Bertz CT molecular complexity index is 2060. The lowest BCUT2D eigenvalue weighted by molar-refractivity contribution is -0.154. The first-order chi connectivity index (χ1) is 22.8. The van der Waals surface area contributed by atoms with Crippen molar-refractivity contribution >= 4 is 126 Å². The van der Waals surface area contributed by atoms with Crippen LogP contribution in [0.25, 0.3) is 0 Å². The number of halogens is 8. The largest absolute Gasteiger partial charge is 0.379 e. The standard InChI is InChI=1S/C31H18Cl8N2O7S/c1-14-2-9-18(10-3-14)49(46,47)48-17-7-4-15(5-8-17)21(42)13-40(26(43)19-11-6-16(32)12-20(19)33)41-27(44)22-23(28(41)45)30(37)25(35)24(34)29(22,36)31(30,38)39/h2-12,22-23H,13H2,1H3/t22-,23+,29-,30-/m1/s1. The fourth-order valence-electron chi connectivity index (χ4n) is 6.06. The topological polar surface area (TPSA) is 118 Å². The molecule has 49 heavy (non-hydrogen) atoms. The maximum atomic E-state index is 14.1. The van der Waals surface area contributed by atoms with Gasteiger partial charge in [0.15, 0.2) is 10.1 Å². The van der Waals surface area contributed by atoms with Crippen molar-refractivity contribution in [3.8, 4) is 5.75 Å². The minimum atomic E-state index is -4.20. The number of ketones is 1. The number of imide groups is 1. The number of alkyl halides is 4. The Morgan fingerprint density at radius 3 is 1.86 bits per heavy atom. The molecule has 0 aromatic heterocycles. The lowest BCUT2D eigenvalue weighted by atomic mass is 9.84. The Balaban J connectivity index is 1.33. The number of rotatable bonds is 8. The molecule has 3 amide bonds. The Kier molecular flexibility index (Phi) is 9.29. The van der Waals surface area contributed by atoms with Gasteiger partial charge in [0.1, 0.15) is 26.9 Å². The first kappa shape index (κ1) is 36.5. The van der Waals surface area contributed by atoms with Crippen molar-refractivity contribution in [3.05, 3.63) is 104 Å². The van der Waals surface area contributed by atoms with Crippen molar-refractivity contribution in [1.82, 2.24) is 10.0 Å². The number of amides is 3. The van der Waals surface area contributed by atoms with Gasteiger partial charge in [-0.05, 0) is 61.5 Å². The Hall–Kier alpha value is -2.25. The summed E-state index contributed by atoms with van der Waals surface area (Å²) in [4.78, 5) is 51.5. The van der Waals surface area contributed by atoms with Gasteiger partial charge in [0.05, 0.1) is 32.5 Å². The monoisotopic (exact) mass is 842 g/mol. The zero-order chi connectivity index (χ0) is 36.0. The summed E-state index contributed by atoms with van der Waals surface area (Å²) < 4.78 is 28.4. The van der Waals surface area contributed by atoms with E-state index < -0.39 is 66.1 Å². The van der Waals surface area contributed by atoms with Crippen LogP contribution in [0.5, 0.6) is 5.75 Å². The number of aryl methyl sites for hydroxylation is 1. The molecule has 3 aliphatic rings. The summed E-state index contributed by atoms with van der Waals surface area (Å²) in [6, 6.07) is 14.7. The molecule has 9 nitrogen and oxygen atoms in total. The summed E-state index contributed by atoms with van der Waals surface area (Å²) in [6.45, 7) is 0.898. The number of allylic oxidation sites excluding steroid dienone is 2. The second kappa shape index (κ2) is 12.5. The van der Waals surface area contributed by atoms with Gasteiger partial charge < -0.3 is 4.18 Å². The number of hydrogen-bond acceptors (Lipinski definition) is 7. The highest BCUT2D eigenvalue weighted by atomic mass is 35.5. The van der Waals surface area contributed by atoms with E-state index >= 15 is 0 Å². The molecule has 1 saturated heterocycles. The molecule has 2 bridgehead atoms. The molecule has 18 heteroatoms. The van der Waals surface area contributed by atoms with Crippen LogP contribution in [0.2, 0.25) is 10.0 Å². The summed E-state index contributed by atoms with van der Waals surface area (Å²) in [7, 11) is -4.20. The summed E-state index contributed by atoms with van der Waals surface area (Å²) in [6.07, 6.45) is 0. The predicted octanol–water partition coefficient (Wildman–Crippen LogP) is 7.76. The van der Waals surface area contributed by atoms with E-state index in [0.717, 1.165) is 5.56 Å². The normalized spacial score (nSPS) is 25.5. The Labute approximate surface area is 319 Å². The second-order valence-electron chi connectivity index (χ2n) is 11.4. The third-order valence-electron chi connectivity index (χ3n) is 8.51. The van der Waals surface area contributed by atoms with Gasteiger partial charge in [0.25, 0.3) is 17.7 Å². The van der Waals surface area contributed by atoms with Crippen LogP contribution in [0.4, 0.5) is 0 Å². The molecule has 4 atom stereocenters. The van der Waals surface area contributed by atoms with E-state index in [2.05, 4.69) is 0 Å². The zero-order valence-corrected chi connectivity index (χ0v) is 31.3. The molecular weight excluding hydrogens is 828 g/mol. The summed E-state index contributed by atoms with van der Waals surface area (Å²) >= 11 is 51.9. The zero-order valence-electron chi connectivity index (χ0n) is 24.4. The van der Waals surface area contributed by atoms with Crippen molar-refractivity contribution < 1.29 is 31.8 Å². The molecule has 0 N–H and O–H groups in total. The molecule has 6 rings (SSSR count). The number of carbonyl (C=O) groups is 4. The third-order valence-corrected chi connectivity index (χ3v) is 14.6. The van der Waals surface area contributed by atoms with Crippen LogP contribution in [0.1, 0.15) is 26.3 Å². The van der Waals surface area contributed by atoms with Crippen molar-refractivity contribution in [2.24, 2.45) is 11.8 Å². The van der Waals surface area contributed by atoms with Gasteiger partial charge in [-0.2, -0.15) is 13.4 Å². The molecule has 3 aromatic rings. The lowest BCUT2D eigenvalue weighted by Crippen LogP contribution is -2.56. The van der Waals surface area contributed by atoms with Crippen LogP contribution >= 0.6 is 92.8 Å². The van der Waals surface area contributed by atoms with E-state index in [1.54, 1.807) is 19.1 Å². The molecular formula is C31H18Cl8N2O7S. The van der Waals surface area contributed by atoms with Crippen LogP contribution < -0.4 is 4.18 Å². The average molecular weight is 846 g/mol. The number of fused-ring (bicyclic) bond motifs is 5. The van der Waals surface area contributed by atoms with E-state index in [0.29, 0.717) is 10.0 Å². The van der Waals surface area contributed by atoms with Gasteiger partial charge in [0.2, 0.25) is 0 Å². The van der Waals surface area contributed by atoms with Gasteiger partial charge in [-0.1, -0.05) is 87.3 Å². The number of hydrazine groups is 1. The minimum Gasteiger partial charge on any atom is -0.379 e. The fourth-order valence-corrected chi connectivity index (χ4v) is 10.4. The lowest BCUT2D eigenvalue weighted by Gasteiger charge is -2.36. The highest BCUT2D eigenvalue weighted by Crippen LogP contribution is 2.77. The molecule has 1 saturated carbocycles. The van der Waals surface area contributed by atoms with Gasteiger partial charge in [0, 0.05) is 10.6 Å². The van der Waals surface area contributed by atoms with E-state index in [1.807, 2.05) is 0 Å². The molecule has 3 aromatic carbocycles. The van der Waals surface area contributed by atoms with E-state index in [9.17, 15) is 27.6 Å². The van der Waals surface area contributed by atoms with Gasteiger partial charge in [-0.15, -0.1) is 23.2 Å². The molecule has 0 unspecified atom stereocenters. The Morgan fingerprint density at radius 1 is 0.816 bits per heavy atom. The summed E-state index contributed by atoms with van der Waals surface area (Å²) in [5, 5.41) is 0.352. The van der Waals surface area contributed by atoms with E-state index in [4.69, 9.17) is 97.0 Å². The first-order valence-electron chi connectivity index (χ1n) is 13.9. The van der Waals surface area contributed by atoms with Crippen LogP contribution in [0.3, 0.4) is 0 Å². The van der Waals surface area contributed by atoms with Crippen molar-refractivity contribution in [3.63, 3.8) is 0 Å². The van der Waals surface area contributed by atoms with Crippen molar-refractivity contribution in [1.29, 1.82) is 0 Å². The number of Topliss-reactive ketones (excluding diaryl/α,β-unsaturated/α-hetero) is 1. The van der Waals surface area contributed by atoms with E-state index in [1.165, 1.54) is 54.6 Å². The number of nitrogens with zero attached hydrogens (tertiary/aromatic N) is 2. The van der Waals surface area contributed by atoms with Crippen LogP contribution in [0, 0.1) is 18.8 Å². The average Bonchev–Trinajstić information content (AvgIpc) is 3.42. The molecule has 1 heterocycles. The highest BCUT2D eigenvalue weighted by molar-refractivity contribution is 7.87. The minimum absolute atomic E-state index is 0.0460. The molecule has 2 aliphatic carbocycles. The molecule has 2 fully saturated rings. The molecule has 256 valence electrons.